The van der Waals surface area contributed by atoms with Gasteiger partial charge in [0.25, 0.3) is 0 Å². The van der Waals surface area contributed by atoms with Gasteiger partial charge < -0.3 is 30.7 Å². The van der Waals surface area contributed by atoms with Gasteiger partial charge in [0, 0.05) is 61.3 Å². The van der Waals surface area contributed by atoms with E-state index in [-0.39, 0.29) is 36.1 Å². The summed E-state index contributed by atoms with van der Waals surface area (Å²) >= 11 is 1.56. The molecule has 0 aliphatic carbocycles. The molecule has 1 aliphatic heterocycles. The Balaban J connectivity index is 0.00000616. The Labute approximate surface area is 264 Å². The van der Waals surface area contributed by atoms with Gasteiger partial charge in [-0.1, -0.05) is 17.3 Å². The molecule has 1 amide bonds. The van der Waals surface area contributed by atoms with Gasteiger partial charge in [-0.3, -0.25) is 9.69 Å². The van der Waals surface area contributed by atoms with Gasteiger partial charge in [-0.15, -0.1) is 5.10 Å². The van der Waals surface area contributed by atoms with Crippen LogP contribution in [0.1, 0.15) is 31.0 Å². The van der Waals surface area contributed by atoms with Crippen LogP contribution in [0.2, 0.25) is 0 Å². The number of hydrogen-bond acceptors (Lipinski definition) is 11. The summed E-state index contributed by atoms with van der Waals surface area (Å²) in [4.78, 5) is 27.7. The van der Waals surface area contributed by atoms with Gasteiger partial charge in [0.1, 0.15) is 18.3 Å². The number of thioether (sulfide) groups is 1. The van der Waals surface area contributed by atoms with Gasteiger partial charge in [-0.25, -0.2) is 9.48 Å². The van der Waals surface area contributed by atoms with Crippen molar-refractivity contribution in [1.82, 2.24) is 41.2 Å². The molecule has 1 aromatic carbocycles. The fourth-order valence-electron chi connectivity index (χ4n) is 4.36. The zero-order valence-corrected chi connectivity index (χ0v) is 26.5. The molecule has 1 aromatic heterocycles. The number of nitrogens with zero attached hydrogens (tertiary/aromatic N) is 4. The minimum atomic E-state index is -0.749. The third-order valence-electron chi connectivity index (χ3n) is 6.51. The average molecular weight is 654 g/mol. The summed E-state index contributed by atoms with van der Waals surface area (Å²) in [6, 6.07) is 7.03. The van der Waals surface area contributed by atoms with Crippen molar-refractivity contribution in [2.45, 2.75) is 44.6 Å². The molecular weight excluding hydrogens is 608 g/mol. The summed E-state index contributed by atoms with van der Waals surface area (Å²) in [6.45, 7) is 10.4. The number of ether oxygens (including phenoxy) is 2. The standard InChI is InChI=1S/C28H46N8O4S.Cu/c1-3-40-28(38)26(22-41-21-23-6-8-25(39-2)9-7-23)32-27(37)20-36-19-24(33-34-36)18-35-16-5-12-30-14-13-29-10-4-11-31-15-17-35;/h6-9,19,26,29-31H,3-5,10-18,20-22H2,1-2H3,(H,32,37);/t26-;/m0./s1. The first-order valence-electron chi connectivity index (χ1n) is 14.5. The Hall–Kier alpha value is -2.19. The van der Waals surface area contributed by atoms with E-state index < -0.39 is 12.0 Å². The largest absolute Gasteiger partial charge is 0.497 e. The first-order chi connectivity index (χ1) is 20.1. The molecule has 12 nitrogen and oxygen atoms in total. The molecule has 0 bridgehead atoms. The molecule has 3 rings (SSSR count). The van der Waals surface area contributed by atoms with Crippen molar-refractivity contribution in [1.29, 1.82) is 0 Å². The summed E-state index contributed by atoms with van der Waals surface area (Å²) in [5.41, 5.74) is 1.92. The van der Waals surface area contributed by atoms with Gasteiger partial charge in [0.2, 0.25) is 5.91 Å². The van der Waals surface area contributed by atoms with Crippen molar-refractivity contribution >= 4 is 23.6 Å². The Morgan fingerprint density at radius 3 is 2.45 bits per heavy atom. The van der Waals surface area contributed by atoms with Crippen LogP contribution < -0.4 is 26.0 Å². The molecule has 2 aromatic rings. The number of rotatable bonds is 12. The van der Waals surface area contributed by atoms with Crippen LogP contribution >= 0.6 is 11.8 Å². The van der Waals surface area contributed by atoms with Gasteiger partial charge in [0.05, 0.1) is 25.6 Å². The van der Waals surface area contributed by atoms with E-state index in [1.165, 1.54) is 4.68 Å². The summed E-state index contributed by atoms with van der Waals surface area (Å²) in [6.07, 6.45) is 3.96. The fourth-order valence-corrected chi connectivity index (χ4v) is 5.36. The fraction of sp³-hybridized carbons (Fsp3) is 0.643. The van der Waals surface area contributed by atoms with E-state index in [0.29, 0.717) is 18.1 Å². The number of esters is 1. The predicted molar refractivity (Wildman–Crippen MR) is 161 cm³/mol. The van der Waals surface area contributed by atoms with E-state index >= 15 is 0 Å². The number of nitrogens with one attached hydrogen (secondary N) is 4. The quantitative estimate of drug-likeness (QED) is 0.190. The second-order valence-electron chi connectivity index (χ2n) is 9.88. The van der Waals surface area contributed by atoms with E-state index in [9.17, 15) is 9.59 Å². The third-order valence-corrected chi connectivity index (χ3v) is 7.62. The van der Waals surface area contributed by atoms with E-state index in [1.807, 2.05) is 24.3 Å². The molecule has 1 fully saturated rings. The first kappa shape index (κ1) is 36.0. The summed E-state index contributed by atoms with van der Waals surface area (Å²) < 4.78 is 11.9. The van der Waals surface area contributed by atoms with Crippen LogP contribution in [0.4, 0.5) is 0 Å². The van der Waals surface area contributed by atoms with Crippen LogP contribution in [0.15, 0.2) is 30.5 Å². The summed E-state index contributed by atoms with van der Waals surface area (Å²) in [5.74, 6) is 1.13. The van der Waals surface area contributed by atoms with Crippen molar-refractivity contribution < 1.29 is 36.1 Å². The van der Waals surface area contributed by atoms with Crippen LogP contribution in [0.3, 0.4) is 0 Å². The molecule has 4 N–H and O–H groups in total. The number of amides is 1. The molecule has 1 saturated heterocycles. The molecule has 2 heterocycles. The SMILES string of the molecule is CCOC(=O)[C@H](CSCc1ccc(OC)cc1)NC(=O)Cn1cc(CN2CCCNCCNCCCNCC2)nn1.[Cu]. The first-order valence-corrected chi connectivity index (χ1v) is 15.6. The van der Waals surface area contributed by atoms with Crippen LogP contribution in [-0.2, 0) is 50.2 Å². The van der Waals surface area contributed by atoms with Crippen molar-refractivity contribution in [3.8, 4) is 5.75 Å². The number of hydrogen-bond donors (Lipinski definition) is 4. The van der Waals surface area contributed by atoms with Crippen LogP contribution in [-0.4, -0.2) is 110 Å². The average Bonchev–Trinajstić information content (AvgIpc) is 3.41. The van der Waals surface area contributed by atoms with Crippen molar-refractivity contribution in [3.05, 3.63) is 41.7 Å². The topological polar surface area (TPSA) is 135 Å². The van der Waals surface area contributed by atoms with Crippen LogP contribution in [0.25, 0.3) is 0 Å². The second-order valence-corrected chi connectivity index (χ2v) is 10.9. The minimum absolute atomic E-state index is 0. The van der Waals surface area contributed by atoms with E-state index in [1.54, 1.807) is 32.0 Å². The normalized spacial score (nSPS) is 16.4. The second kappa shape index (κ2) is 21.5. The van der Waals surface area contributed by atoms with E-state index in [4.69, 9.17) is 9.47 Å². The van der Waals surface area contributed by atoms with Crippen molar-refractivity contribution in [2.75, 3.05) is 71.8 Å². The minimum Gasteiger partial charge on any atom is -0.497 e. The van der Waals surface area contributed by atoms with Crippen molar-refractivity contribution in [3.63, 3.8) is 0 Å². The summed E-state index contributed by atoms with van der Waals surface area (Å²) in [7, 11) is 1.63. The Morgan fingerprint density at radius 2 is 1.74 bits per heavy atom. The Kier molecular flexibility index (Phi) is 18.4. The number of carbonyl (C=O) groups is 2. The van der Waals surface area contributed by atoms with Crippen LogP contribution in [0, 0.1) is 0 Å². The number of carbonyl (C=O) groups excluding carboxylic acids is 2. The number of methoxy groups -OCH3 is 1. The monoisotopic (exact) mass is 653 g/mol. The van der Waals surface area contributed by atoms with Gasteiger partial charge in [-0.2, -0.15) is 11.8 Å². The maximum absolute atomic E-state index is 12.8. The van der Waals surface area contributed by atoms with Crippen LogP contribution in [0.5, 0.6) is 5.75 Å². The maximum Gasteiger partial charge on any atom is 0.329 e. The van der Waals surface area contributed by atoms with Gasteiger partial charge in [-0.05, 0) is 63.6 Å². The summed E-state index contributed by atoms with van der Waals surface area (Å²) in [5, 5.41) is 21.7. The molecule has 42 heavy (non-hydrogen) atoms. The van der Waals surface area contributed by atoms with Crippen molar-refractivity contribution in [2.24, 2.45) is 0 Å². The maximum atomic E-state index is 12.8. The molecular formula is C28H46CuN8O4S. The molecule has 1 aliphatic rings. The zero-order chi connectivity index (χ0) is 29.1. The zero-order valence-electron chi connectivity index (χ0n) is 24.7. The molecule has 239 valence electrons. The molecule has 0 unspecified atom stereocenters. The predicted octanol–water partition coefficient (Wildman–Crippen LogP) is 0.630. The van der Waals surface area contributed by atoms with E-state index in [0.717, 1.165) is 82.2 Å². The third kappa shape index (κ3) is 14.3. The number of aromatic nitrogens is 3. The Bertz CT molecular complexity index is 1020. The smallest absolute Gasteiger partial charge is 0.329 e. The Morgan fingerprint density at radius 1 is 1.02 bits per heavy atom. The molecule has 14 heteroatoms. The molecule has 1 atom stereocenters. The molecule has 0 saturated carbocycles. The van der Waals surface area contributed by atoms with Gasteiger partial charge in [0.15, 0.2) is 0 Å². The van der Waals surface area contributed by atoms with E-state index in [2.05, 4.69) is 36.5 Å². The van der Waals surface area contributed by atoms with Gasteiger partial charge >= 0.3 is 5.97 Å². The molecule has 0 spiro atoms. The number of benzene rings is 1. The molecule has 1 radical (unpaired) electrons.